The topological polar surface area (TPSA) is 33.1 Å². The normalized spacial score (nSPS) is 12.4. The fraction of sp³-hybridized carbons (Fsp3) is 0.0833. The van der Waals surface area contributed by atoms with Crippen LogP contribution >= 0.6 is 11.6 Å². The molecule has 0 aliphatic heterocycles. The van der Waals surface area contributed by atoms with E-state index < -0.39 is 6.10 Å². The van der Waals surface area contributed by atoms with Gasteiger partial charge in [-0.3, -0.25) is 0 Å². The molecule has 2 aromatic rings. The Labute approximate surface area is 93.2 Å². The Kier molecular flexibility index (Phi) is 2.99. The van der Waals surface area contributed by atoms with Gasteiger partial charge in [-0.05, 0) is 11.6 Å². The fourth-order valence-electron chi connectivity index (χ4n) is 1.38. The minimum atomic E-state index is -0.643. The van der Waals surface area contributed by atoms with E-state index in [1.165, 1.54) is 0 Å². The van der Waals surface area contributed by atoms with Gasteiger partial charge in [0.15, 0.2) is 0 Å². The maximum absolute atomic E-state index is 10.00. The highest BCUT2D eigenvalue weighted by Crippen LogP contribution is 2.21. The standard InChI is InChI=1S/C12H10ClNO/c13-11-7-6-10(8-14-11)12(15)9-4-2-1-3-5-9/h1-8,12,15H/t12-/m0/s1. The van der Waals surface area contributed by atoms with Crippen LogP contribution in [0.1, 0.15) is 17.2 Å². The van der Waals surface area contributed by atoms with Crippen molar-refractivity contribution in [3.8, 4) is 0 Å². The van der Waals surface area contributed by atoms with Crippen molar-refractivity contribution in [3.63, 3.8) is 0 Å². The largest absolute Gasteiger partial charge is 0.384 e. The molecule has 0 saturated heterocycles. The molecule has 1 atom stereocenters. The lowest BCUT2D eigenvalue weighted by molar-refractivity contribution is 0.220. The molecule has 3 heteroatoms. The molecule has 0 saturated carbocycles. The van der Waals surface area contributed by atoms with Crippen LogP contribution in [0, 0.1) is 0 Å². The number of aliphatic hydroxyl groups is 1. The van der Waals surface area contributed by atoms with Crippen molar-refractivity contribution in [2.24, 2.45) is 0 Å². The van der Waals surface area contributed by atoms with E-state index in [0.29, 0.717) is 5.15 Å². The molecule has 76 valence electrons. The Morgan fingerprint density at radius 2 is 1.73 bits per heavy atom. The van der Waals surface area contributed by atoms with E-state index in [1.54, 1.807) is 18.3 Å². The lowest BCUT2D eigenvalue weighted by Crippen LogP contribution is -1.99. The SMILES string of the molecule is O[C@@H](c1ccccc1)c1ccc(Cl)nc1. The zero-order valence-electron chi connectivity index (χ0n) is 7.97. The van der Waals surface area contributed by atoms with Crippen molar-refractivity contribution in [3.05, 3.63) is 64.9 Å². The summed E-state index contributed by atoms with van der Waals surface area (Å²) in [5.41, 5.74) is 1.59. The second-order valence-corrected chi connectivity index (χ2v) is 3.61. The Morgan fingerprint density at radius 3 is 2.33 bits per heavy atom. The molecule has 1 heterocycles. The van der Waals surface area contributed by atoms with Crippen molar-refractivity contribution >= 4 is 11.6 Å². The van der Waals surface area contributed by atoms with E-state index in [2.05, 4.69) is 4.98 Å². The van der Waals surface area contributed by atoms with Crippen LogP contribution in [0.25, 0.3) is 0 Å². The second kappa shape index (κ2) is 4.43. The minimum absolute atomic E-state index is 0.430. The third-order valence-electron chi connectivity index (χ3n) is 2.18. The molecule has 0 amide bonds. The van der Waals surface area contributed by atoms with Crippen LogP contribution in [-0.4, -0.2) is 10.1 Å². The van der Waals surface area contributed by atoms with Gasteiger partial charge >= 0.3 is 0 Å². The van der Waals surface area contributed by atoms with Crippen LogP contribution in [0.2, 0.25) is 5.15 Å². The number of benzene rings is 1. The first-order valence-electron chi connectivity index (χ1n) is 4.62. The second-order valence-electron chi connectivity index (χ2n) is 3.23. The Hall–Kier alpha value is -1.38. The van der Waals surface area contributed by atoms with Crippen LogP contribution in [-0.2, 0) is 0 Å². The number of nitrogens with zero attached hydrogens (tertiary/aromatic N) is 1. The summed E-state index contributed by atoms with van der Waals surface area (Å²) in [5.74, 6) is 0. The first kappa shape index (κ1) is 10.1. The van der Waals surface area contributed by atoms with E-state index in [-0.39, 0.29) is 0 Å². The quantitative estimate of drug-likeness (QED) is 0.788. The van der Waals surface area contributed by atoms with E-state index >= 15 is 0 Å². The predicted octanol–water partition coefficient (Wildman–Crippen LogP) is 2.82. The number of hydrogen-bond acceptors (Lipinski definition) is 2. The molecule has 1 aromatic carbocycles. The van der Waals surface area contributed by atoms with E-state index in [1.807, 2.05) is 30.3 Å². The third kappa shape index (κ3) is 2.35. The summed E-state index contributed by atoms with van der Waals surface area (Å²) in [7, 11) is 0. The van der Waals surface area contributed by atoms with E-state index in [0.717, 1.165) is 11.1 Å². The van der Waals surface area contributed by atoms with Crippen LogP contribution in [0.3, 0.4) is 0 Å². The van der Waals surface area contributed by atoms with Gasteiger partial charge in [0, 0.05) is 11.8 Å². The van der Waals surface area contributed by atoms with Crippen molar-refractivity contribution in [2.75, 3.05) is 0 Å². The summed E-state index contributed by atoms with van der Waals surface area (Å²) < 4.78 is 0. The lowest BCUT2D eigenvalue weighted by atomic mass is 10.0. The molecule has 0 aliphatic rings. The van der Waals surface area contributed by atoms with Gasteiger partial charge in [0.1, 0.15) is 11.3 Å². The van der Waals surface area contributed by atoms with Crippen molar-refractivity contribution in [2.45, 2.75) is 6.10 Å². The Bertz CT molecular complexity index is 427. The number of rotatable bonds is 2. The van der Waals surface area contributed by atoms with Gasteiger partial charge in [-0.25, -0.2) is 4.98 Å². The summed E-state index contributed by atoms with van der Waals surface area (Å²) >= 11 is 5.67. The molecule has 0 spiro atoms. The summed E-state index contributed by atoms with van der Waals surface area (Å²) in [6.07, 6.45) is 0.941. The van der Waals surface area contributed by atoms with Gasteiger partial charge in [-0.15, -0.1) is 0 Å². The molecule has 1 aromatic heterocycles. The summed E-state index contributed by atoms with van der Waals surface area (Å²) in [6.45, 7) is 0. The van der Waals surface area contributed by atoms with Crippen molar-refractivity contribution < 1.29 is 5.11 Å². The van der Waals surface area contributed by atoms with Crippen molar-refractivity contribution in [1.82, 2.24) is 4.98 Å². The van der Waals surface area contributed by atoms with Gasteiger partial charge in [0.25, 0.3) is 0 Å². The molecule has 0 bridgehead atoms. The van der Waals surface area contributed by atoms with Crippen LogP contribution in [0.5, 0.6) is 0 Å². The Morgan fingerprint density at radius 1 is 1.00 bits per heavy atom. The highest BCUT2D eigenvalue weighted by atomic mass is 35.5. The maximum atomic E-state index is 10.00. The number of hydrogen-bond donors (Lipinski definition) is 1. The molecular formula is C12H10ClNO. The zero-order valence-corrected chi connectivity index (χ0v) is 8.72. The van der Waals surface area contributed by atoms with E-state index in [9.17, 15) is 5.11 Å². The molecular weight excluding hydrogens is 210 g/mol. The summed E-state index contributed by atoms with van der Waals surface area (Å²) in [4.78, 5) is 3.93. The smallest absolute Gasteiger partial charge is 0.129 e. The maximum Gasteiger partial charge on any atom is 0.129 e. The van der Waals surface area contributed by atoms with Gasteiger partial charge in [-0.1, -0.05) is 48.0 Å². The van der Waals surface area contributed by atoms with Crippen LogP contribution in [0.4, 0.5) is 0 Å². The highest BCUT2D eigenvalue weighted by Gasteiger charge is 2.09. The number of halogens is 1. The van der Waals surface area contributed by atoms with Gasteiger partial charge in [0.05, 0.1) is 0 Å². The first-order valence-corrected chi connectivity index (χ1v) is 4.99. The highest BCUT2D eigenvalue weighted by molar-refractivity contribution is 6.29. The molecule has 0 aliphatic carbocycles. The third-order valence-corrected chi connectivity index (χ3v) is 2.40. The monoisotopic (exact) mass is 219 g/mol. The molecule has 15 heavy (non-hydrogen) atoms. The average molecular weight is 220 g/mol. The molecule has 0 unspecified atom stereocenters. The van der Waals surface area contributed by atoms with Gasteiger partial charge in [0.2, 0.25) is 0 Å². The number of pyridine rings is 1. The Balaban J connectivity index is 2.29. The predicted molar refractivity (Wildman–Crippen MR) is 59.8 cm³/mol. The molecule has 0 fully saturated rings. The number of aromatic nitrogens is 1. The van der Waals surface area contributed by atoms with Gasteiger partial charge < -0.3 is 5.11 Å². The van der Waals surface area contributed by atoms with Gasteiger partial charge in [-0.2, -0.15) is 0 Å². The first-order chi connectivity index (χ1) is 7.27. The average Bonchev–Trinajstić information content (AvgIpc) is 2.30. The molecule has 2 rings (SSSR count). The minimum Gasteiger partial charge on any atom is -0.384 e. The number of aliphatic hydroxyl groups excluding tert-OH is 1. The van der Waals surface area contributed by atoms with Crippen LogP contribution < -0.4 is 0 Å². The van der Waals surface area contributed by atoms with Crippen LogP contribution in [0.15, 0.2) is 48.7 Å². The molecule has 1 N–H and O–H groups in total. The summed E-state index contributed by atoms with van der Waals surface area (Å²) in [5, 5.41) is 10.4. The summed E-state index contributed by atoms with van der Waals surface area (Å²) in [6, 6.07) is 12.9. The lowest BCUT2D eigenvalue weighted by Gasteiger charge is -2.10. The molecule has 2 nitrogen and oxygen atoms in total. The van der Waals surface area contributed by atoms with E-state index in [4.69, 9.17) is 11.6 Å². The van der Waals surface area contributed by atoms with Crippen molar-refractivity contribution in [1.29, 1.82) is 0 Å². The molecule has 0 radical (unpaired) electrons. The zero-order chi connectivity index (χ0) is 10.7. The fourth-order valence-corrected chi connectivity index (χ4v) is 1.49.